The van der Waals surface area contributed by atoms with Gasteiger partial charge in [-0.3, -0.25) is 4.79 Å². The first kappa shape index (κ1) is 22.4. The van der Waals surface area contributed by atoms with E-state index in [1.165, 1.54) is 13.3 Å². The molecule has 0 unspecified atom stereocenters. The van der Waals surface area contributed by atoms with E-state index in [0.717, 1.165) is 31.7 Å². The molecule has 2 fully saturated rings. The summed E-state index contributed by atoms with van der Waals surface area (Å²) in [6.07, 6.45) is 4.94. The number of aromatic nitrogens is 1. The third-order valence-electron chi connectivity index (χ3n) is 6.22. The van der Waals surface area contributed by atoms with E-state index in [0.29, 0.717) is 30.2 Å². The number of methoxy groups -OCH3 is 1. The van der Waals surface area contributed by atoms with Crippen molar-refractivity contribution in [3.8, 4) is 5.75 Å². The summed E-state index contributed by atoms with van der Waals surface area (Å²) in [5, 5.41) is 9.45. The van der Waals surface area contributed by atoms with Crippen LogP contribution in [-0.2, 0) is 0 Å². The number of nitrogens with two attached hydrogens (primary N) is 1. The average Bonchev–Trinajstić information content (AvgIpc) is 3.52. The molecule has 0 bridgehead atoms. The Kier molecular flexibility index (Phi) is 6.29. The number of anilines is 1. The maximum absolute atomic E-state index is 15.3. The molecule has 7 nitrogen and oxygen atoms in total. The zero-order valence-electron chi connectivity index (χ0n) is 17.1. The topological polar surface area (TPSA) is 97.8 Å². The Morgan fingerprint density at radius 2 is 2.07 bits per heavy atom. The van der Waals surface area contributed by atoms with Crippen LogP contribution in [-0.4, -0.2) is 41.9 Å². The molecular formula is C21H27ClFN3O4. The van der Waals surface area contributed by atoms with Gasteiger partial charge in [0.2, 0.25) is 5.43 Å². The number of pyridine rings is 1. The quantitative estimate of drug-likeness (QED) is 0.742. The van der Waals surface area contributed by atoms with E-state index in [-0.39, 0.29) is 41.2 Å². The Morgan fingerprint density at radius 3 is 2.60 bits per heavy atom. The van der Waals surface area contributed by atoms with Gasteiger partial charge in [-0.05, 0) is 31.2 Å². The molecule has 2 aromatic rings. The highest BCUT2D eigenvalue weighted by molar-refractivity contribution is 5.97. The fourth-order valence-electron chi connectivity index (χ4n) is 4.46. The van der Waals surface area contributed by atoms with Crippen LogP contribution in [0.3, 0.4) is 0 Å². The second-order valence-corrected chi connectivity index (χ2v) is 8.02. The van der Waals surface area contributed by atoms with Crippen molar-refractivity contribution in [3.63, 3.8) is 0 Å². The van der Waals surface area contributed by atoms with Gasteiger partial charge in [0.05, 0.1) is 18.0 Å². The summed E-state index contributed by atoms with van der Waals surface area (Å²) in [4.78, 5) is 26.2. The van der Waals surface area contributed by atoms with Crippen molar-refractivity contribution in [3.05, 3.63) is 33.9 Å². The van der Waals surface area contributed by atoms with E-state index >= 15 is 4.39 Å². The van der Waals surface area contributed by atoms with E-state index < -0.39 is 17.2 Å². The molecule has 4 rings (SSSR count). The molecule has 0 radical (unpaired) electrons. The standard InChI is InChI=1S/C21H26FN3O4.ClH/c1-3-11-6-7-24(10-16(11)23)18-15(22)8-13-17(20(18)29-2)25(12-4-5-12)9-14(19(13)26)21(27)28;/h8-9,11-12,16H,3-7,10,23H2,1-2H3,(H,27,28);1H/t11-,16-;/m1./s1. The largest absolute Gasteiger partial charge is 0.492 e. The summed E-state index contributed by atoms with van der Waals surface area (Å²) in [5.74, 6) is -1.26. The lowest BCUT2D eigenvalue weighted by Gasteiger charge is -2.38. The summed E-state index contributed by atoms with van der Waals surface area (Å²) in [7, 11) is 1.45. The van der Waals surface area contributed by atoms with E-state index in [4.69, 9.17) is 10.5 Å². The zero-order chi connectivity index (χ0) is 20.9. The smallest absolute Gasteiger partial charge is 0.341 e. The van der Waals surface area contributed by atoms with Gasteiger partial charge in [0.25, 0.3) is 0 Å². The van der Waals surface area contributed by atoms with Crippen molar-refractivity contribution < 1.29 is 19.0 Å². The van der Waals surface area contributed by atoms with E-state index in [9.17, 15) is 14.7 Å². The molecule has 2 aliphatic rings. The number of aromatic carboxylic acids is 1. The van der Waals surface area contributed by atoms with Crippen LogP contribution in [0.5, 0.6) is 5.75 Å². The molecule has 1 aromatic carbocycles. The number of carboxylic acids is 1. The first-order valence-corrected chi connectivity index (χ1v) is 10.1. The molecule has 0 spiro atoms. The summed E-state index contributed by atoms with van der Waals surface area (Å²) < 4.78 is 22.7. The number of carboxylic acid groups (broad SMARTS) is 1. The fraction of sp³-hybridized carbons (Fsp3) is 0.524. The van der Waals surface area contributed by atoms with Crippen LogP contribution in [0, 0.1) is 11.7 Å². The van der Waals surface area contributed by atoms with Crippen molar-refractivity contribution >= 4 is 35.0 Å². The van der Waals surface area contributed by atoms with Gasteiger partial charge in [-0.1, -0.05) is 13.3 Å². The number of carbonyl (C=O) groups is 1. The maximum Gasteiger partial charge on any atom is 0.341 e. The molecule has 0 amide bonds. The van der Waals surface area contributed by atoms with Gasteiger partial charge in [-0.2, -0.15) is 0 Å². The second-order valence-electron chi connectivity index (χ2n) is 8.02. The third-order valence-corrected chi connectivity index (χ3v) is 6.22. The van der Waals surface area contributed by atoms with Gasteiger partial charge >= 0.3 is 5.97 Å². The average molecular weight is 440 g/mol. The van der Waals surface area contributed by atoms with Crippen LogP contribution in [0.25, 0.3) is 10.9 Å². The summed E-state index contributed by atoms with van der Waals surface area (Å²) in [6, 6.07) is 1.16. The number of ether oxygens (including phenoxy) is 1. The highest BCUT2D eigenvalue weighted by Crippen LogP contribution is 2.44. The lowest BCUT2D eigenvalue weighted by atomic mass is 9.89. The number of rotatable bonds is 5. The van der Waals surface area contributed by atoms with E-state index in [2.05, 4.69) is 6.92 Å². The van der Waals surface area contributed by atoms with Gasteiger partial charge < -0.3 is 25.0 Å². The molecule has 9 heteroatoms. The van der Waals surface area contributed by atoms with Gasteiger partial charge in [0.1, 0.15) is 11.3 Å². The Bertz CT molecular complexity index is 1040. The number of nitrogens with zero attached hydrogens (tertiary/aromatic N) is 2. The lowest BCUT2D eigenvalue weighted by Crippen LogP contribution is -2.48. The third kappa shape index (κ3) is 3.63. The monoisotopic (exact) mass is 439 g/mol. The first-order valence-electron chi connectivity index (χ1n) is 10.1. The molecule has 1 saturated carbocycles. The van der Waals surface area contributed by atoms with Crippen LogP contribution in [0.1, 0.15) is 49.0 Å². The van der Waals surface area contributed by atoms with Gasteiger partial charge in [-0.25, -0.2) is 9.18 Å². The fourth-order valence-corrected chi connectivity index (χ4v) is 4.46. The summed E-state index contributed by atoms with van der Waals surface area (Å²) in [5.41, 5.74) is 6.00. The minimum atomic E-state index is -1.32. The van der Waals surface area contributed by atoms with Crippen LogP contribution < -0.4 is 20.8 Å². The molecular weight excluding hydrogens is 413 g/mol. The summed E-state index contributed by atoms with van der Waals surface area (Å²) >= 11 is 0. The predicted molar refractivity (Wildman–Crippen MR) is 116 cm³/mol. The molecule has 2 atom stereocenters. The molecule has 2 heterocycles. The number of piperidine rings is 1. The van der Waals surface area contributed by atoms with E-state index in [1.807, 2.05) is 4.90 Å². The van der Waals surface area contributed by atoms with Crippen LogP contribution in [0.4, 0.5) is 10.1 Å². The van der Waals surface area contributed by atoms with Crippen molar-refractivity contribution in [2.45, 2.75) is 44.7 Å². The van der Waals surface area contributed by atoms with Gasteiger partial charge in [-0.15, -0.1) is 12.4 Å². The van der Waals surface area contributed by atoms with Crippen LogP contribution in [0.15, 0.2) is 17.1 Å². The lowest BCUT2D eigenvalue weighted by molar-refractivity contribution is 0.0695. The van der Waals surface area contributed by atoms with Gasteiger partial charge in [0, 0.05) is 31.4 Å². The molecule has 1 aromatic heterocycles. The highest BCUT2D eigenvalue weighted by Gasteiger charge is 2.33. The molecule has 1 saturated heterocycles. The normalized spacial score (nSPS) is 21.4. The maximum atomic E-state index is 15.3. The van der Waals surface area contributed by atoms with Crippen molar-refractivity contribution in [1.29, 1.82) is 0 Å². The van der Waals surface area contributed by atoms with Crippen molar-refractivity contribution in [2.24, 2.45) is 11.7 Å². The number of fused-ring (bicyclic) bond motifs is 1. The molecule has 3 N–H and O–H groups in total. The molecule has 1 aliphatic heterocycles. The Balaban J connectivity index is 0.00000256. The van der Waals surface area contributed by atoms with Gasteiger partial charge in [0.15, 0.2) is 11.6 Å². The SMILES string of the molecule is CC[C@@H]1CCN(c2c(F)cc3c(=O)c(C(=O)O)cn(C4CC4)c3c2OC)C[C@H]1N.Cl. The minimum absolute atomic E-state index is 0. The van der Waals surface area contributed by atoms with Crippen LogP contribution in [0.2, 0.25) is 0 Å². The Labute approximate surface area is 180 Å². The Morgan fingerprint density at radius 1 is 1.37 bits per heavy atom. The zero-order valence-corrected chi connectivity index (χ0v) is 17.9. The predicted octanol–water partition coefficient (Wildman–Crippen LogP) is 3.17. The van der Waals surface area contributed by atoms with Crippen molar-refractivity contribution in [1.82, 2.24) is 4.57 Å². The first-order chi connectivity index (χ1) is 13.9. The Hall–Kier alpha value is -2.32. The number of hydrogen-bond donors (Lipinski definition) is 2. The number of hydrogen-bond acceptors (Lipinski definition) is 5. The van der Waals surface area contributed by atoms with E-state index in [1.54, 1.807) is 4.57 Å². The molecule has 1 aliphatic carbocycles. The summed E-state index contributed by atoms with van der Waals surface area (Å²) in [6.45, 7) is 3.25. The molecule has 30 heavy (non-hydrogen) atoms. The van der Waals surface area contributed by atoms with Crippen LogP contribution >= 0.6 is 12.4 Å². The highest BCUT2D eigenvalue weighted by atomic mass is 35.5. The molecule has 164 valence electrons. The minimum Gasteiger partial charge on any atom is -0.492 e. The number of benzene rings is 1. The second kappa shape index (κ2) is 8.43. The number of halogens is 2. The van der Waals surface area contributed by atoms with Crippen molar-refractivity contribution in [2.75, 3.05) is 25.1 Å².